The van der Waals surface area contributed by atoms with Crippen molar-refractivity contribution < 1.29 is 14.3 Å². The van der Waals surface area contributed by atoms with Gasteiger partial charge in [-0.2, -0.15) is 0 Å². The molecule has 1 atom stereocenters. The minimum Gasteiger partial charge on any atom is -0.463 e. The first-order chi connectivity index (χ1) is 10.9. The summed E-state index contributed by atoms with van der Waals surface area (Å²) in [6, 6.07) is 7.00. The zero-order valence-corrected chi connectivity index (χ0v) is 14.2. The van der Waals surface area contributed by atoms with Crippen LogP contribution in [-0.2, 0) is 9.53 Å². The van der Waals surface area contributed by atoms with Crippen molar-refractivity contribution in [3.05, 3.63) is 41.1 Å². The van der Waals surface area contributed by atoms with E-state index in [1.54, 1.807) is 20.9 Å². The van der Waals surface area contributed by atoms with Gasteiger partial charge in [0.05, 0.1) is 18.2 Å². The Labute approximate surface area is 136 Å². The van der Waals surface area contributed by atoms with E-state index in [1.807, 2.05) is 43.3 Å². The van der Waals surface area contributed by atoms with Crippen molar-refractivity contribution in [3.8, 4) is 0 Å². The summed E-state index contributed by atoms with van der Waals surface area (Å²) in [5.41, 5.74) is 2.96. The SMILES string of the molecule is CCOC(=O)C1=C(C)N(C)C(=O)N[C@H]1c1ccc(N(C)C)cc1. The highest BCUT2D eigenvalue weighted by Crippen LogP contribution is 2.31. The Morgan fingerprint density at radius 2 is 1.91 bits per heavy atom. The Kier molecular flexibility index (Phi) is 4.93. The summed E-state index contributed by atoms with van der Waals surface area (Å²) in [5, 5.41) is 2.87. The molecule has 1 aliphatic rings. The molecule has 0 radical (unpaired) electrons. The molecule has 0 saturated carbocycles. The van der Waals surface area contributed by atoms with E-state index in [-0.39, 0.29) is 6.03 Å². The molecule has 0 bridgehead atoms. The Bertz CT molecular complexity index is 635. The molecular weight excluding hydrogens is 294 g/mol. The summed E-state index contributed by atoms with van der Waals surface area (Å²) >= 11 is 0. The van der Waals surface area contributed by atoms with Crippen LogP contribution in [0.15, 0.2) is 35.5 Å². The van der Waals surface area contributed by atoms with Gasteiger partial charge >= 0.3 is 12.0 Å². The predicted octanol–water partition coefficient (Wildman–Crippen LogP) is 2.29. The van der Waals surface area contributed by atoms with E-state index < -0.39 is 12.0 Å². The van der Waals surface area contributed by atoms with E-state index in [1.165, 1.54) is 4.90 Å². The highest BCUT2D eigenvalue weighted by atomic mass is 16.5. The third kappa shape index (κ3) is 3.31. The van der Waals surface area contributed by atoms with Crippen molar-refractivity contribution in [3.63, 3.8) is 0 Å². The molecule has 1 aromatic carbocycles. The number of carbonyl (C=O) groups is 2. The molecule has 0 spiro atoms. The number of amides is 2. The molecule has 0 aliphatic carbocycles. The average Bonchev–Trinajstić information content (AvgIpc) is 2.52. The fourth-order valence-corrected chi connectivity index (χ4v) is 2.52. The van der Waals surface area contributed by atoms with Crippen LogP contribution in [0.25, 0.3) is 0 Å². The molecule has 124 valence electrons. The second-order valence-corrected chi connectivity index (χ2v) is 5.65. The standard InChI is InChI=1S/C17H23N3O3/c1-6-23-16(21)14-11(2)20(5)17(22)18-15(14)12-7-9-13(10-8-12)19(3)4/h7-10,15H,6H2,1-5H3,(H,18,22)/t15-/m0/s1. The third-order valence-electron chi connectivity index (χ3n) is 3.99. The van der Waals surface area contributed by atoms with E-state index in [0.717, 1.165) is 11.3 Å². The normalized spacial score (nSPS) is 17.9. The summed E-state index contributed by atoms with van der Waals surface area (Å²) in [7, 11) is 5.55. The Morgan fingerprint density at radius 1 is 1.30 bits per heavy atom. The predicted molar refractivity (Wildman–Crippen MR) is 89.1 cm³/mol. The molecule has 0 aromatic heterocycles. The van der Waals surface area contributed by atoms with Crippen LogP contribution in [-0.4, -0.2) is 44.7 Å². The first-order valence-electron chi connectivity index (χ1n) is 7.56. The van der Waals surface area contributed by atoms with Gasteiger partial charge in [0.2, 0.25) is 0 Å². The van der Waals surface area contributed by atoms with E-state index in [9.17, 15) is 9.59 Å². The number of hydrogen-bond acceptors (Lipinski definition) is 4. The summed E-state index contributed by atoms with van der Waals surface area (Å²) in [6.45, 7) is 3.81. The van der Waals surface area contributed by atoms with Gasteiger partial charge in [0.1, 0.15) is 0 Å². The number of hydrogen-bond donors (Lipinski definition) is 1. The van der Waals surface area contributed by atoms with Crippen molar-refractivity contribution in [2.75, 3.05) is 32.6 Å². The first kappa shape index (κ1) is 16.9. The molecule has 1 N–H and O–H groups in total. The molecule has 0 unspecified atom stereocenters. The molecular formula is C17H23N3O3. The van der Waals surface area contributed by atoms with Crippen LogP contribution in [0.3, 0.4) is 0 Å². The number of urea groups is 1. The van der Waals surface area contributed by atoms with Crippen LogP contribution in [0.2, 0.25) is 0 Å². The number of allylic oxidation sites excluding steroid dienone is 1. The zero-order valence-electron chi connectivity index (χ0n) is 14.2. The highest BCUT2D eigenvalue weighted by Gasteiger charge is 2.34. The van der Waals surface area contributed by atoms with Gasteiger partial charge in [-0.3, -0.25) is 0 Å². The van der Waals surface area contributed by atoms with E-state index >= 15 is 0 Å². The number of nitrogens with one attached hydrogen (secondary N) is 1. The van der Waals surface area contributed by atoms with Gasteiger partial charge in [0, 0.05) is 32.5 Å². The number of rotatable bonds is 4. The van der Waals surface area contributed by atoms with Crippen LogP contribution < -0.4 is 10.2 Å². The first-order valence-corrected chi connectivity index (χ1v) is 7.56. The summed E-state index contributed by atoms with van der Waals surface area (Å²) in [4.78, 5) is 27.9. The molecule has 23 heavy (non-hydrogen) atoms. The molecule has 2 amide bonds. The maximum Gasteiger partial charge on any atom is 0.338 e. The van der Waals surface area contributed by atoms with Crippen molar-refractivity contribution in [2.24, 2.45) is 0 Å². The maximum absolute atomic E-state index is 12.4. The van der Waals surface area contributed by atoms with Gasteiger partial charge < -0.3 is 19.9 Å². The molecule has 2 rings (SSSR count). The van der Waals surface area contributed by atoms with Gasteiger partial charge in [0.25, 0.3) is 0 Å². The molecule has 1 aromatic rings. The second kappa shape index (κ2) is 6.73. The van der Waals surface area contributed by atoms with Gasteiger partial charge in [-0.25, -0.2) is 9.59 Å². The average molecular weight is 317 g/mol. The topological polar surface area (TPSA) is 61.9 Å². The lowest BCUT2D eigenvalue weighted by Crippen LogP contribution is -2.46. The zero-order chi connectivity index (χ0) is 17.1. The molecule has 0 fully saturated rings. The number of benzene rings is 1. The fourth-order valence-electron chi connectivity index (χ4n) is 2.52. The summed E-state index contributed by atoms with van der Waals surface area (Å²) in [6.07, 6.45) is 0. The Morgan fingerprint density at radius 3 is 2.43 bits per heavy atom. The minimum atomic E-state index is -0.506. The fraction of sp³-hybridized carbons (Fsp3) is 0.412. The quantitative estimate of drug-likeness (QED) is 0.866. The van der Waals surface area contributed by atoms with Crippen molar-refractivity contribution in [1.29, 1.82) is 0 Å². The lowest BCUT2D eigenvalue weighted by Gasteiger charge is -2.33. The van der Waals surface area contributed by atoms with E-state index in [4.69, 9.17) is 4.74 Å². The Hall–Kier alpha value is -2.50. The van der Waals surface area contributed by atoms with Crippen LogP contribution in [0.5, 0.6) is 0 Å². The lowest BCUT2D eigenvalue weighted by molar-refractivity contribution is -0.139. The third-order valence-corrected chi connectivity index (χ3v) is 3.99. The summed E-state index contributed by atoms with van der Waals surface area (Å²) < 4.78 is 5.17. The van der Waals surface area contributed by atoms with Gasteiger partial charge in [-0.1, -0.05) is 12.1 Å². The van der Waals surface area contributed by atoms with Crippen LogP contribution in [0.1, 0.15) is 25.5 Å². The number of ether oxygens (including phenoxy) is 1. The number of anilines is 1. The lowest BCUT2D eigenvalue weighted by atomic mass is 9.95. The monoisotopic (exact) mass is 317 g/mol. The van der Waals surface area contributed by atoms with Gasteiger partial charge in [-0.15, -0.1) is 0 Å². The highest BCUT2D eigenvalue weighted by molar-refractivity contribution is 5.95. The van der Waals surface area contributed by atoms with Crippen LogP contribution in [0, 0.1) is 0 Å². The minimum absolute atomic E-state index is 0.239. The molecule has 1 aliphatic heterocycles. The van der Waals surface area contributed by atoms with Crippen molar-refractivity contribution in [2.45, 2.75) is 19.9 Å². The van der Waals surface area contributed by atoms with E-state index in [2.05, 4.69) is 5.32 Å². The summed E-state index contributed by atoms with van der Waals surface area (Å²) in [5.74, 6) is -0.404. The van der Waals surface area contributed by atoms with Gasteiger partial charge in [0.15, 0.2) is 0 Å². The molecule has 6 nitrogen and oxygen atoms in total. The smallest absolute Gasteiger partial charge is 0.338 e. The number of nitrogens with zero attached hydrogens (tertiary/aromatic N) is 2. The molecule has 6 heteroatoms. The van der Waals surface area contributed by atoms with Crippen LogP contribution in [0.4, 0.5) is 10.5 Å². The van der Waals surface area contributed by atoms with E-state index in [0.29, 0.717) is 17.9 Å². The van der Waals surface area contributed by atoms with Crippen LogP contribution >= 0.6 is 0 Å². The second-order valence-electron chi connectivity index (χ2n) is 5.65. The van der Waals surface area contributed by atoms with Gasteiger partial charge in [-0.05, 0) is 31.5 Å². The number of carbonyl (C=O) groups excluding carboxylic acids is 2. The maximum atomic E-state index is 12.4. The van der Waals surface area contributed by atoms with Crippen molar-refractivity contribution >= 4 is 17.7 Å². The Balaban J connectivity index is 2.44. The molecule has 0 saturated heterocycles. The van der Waals surface area contributed by atoms with Crippen molar-refractivity contribution in [1.82, 2.24) is 10.2 Å². The number of esters is 1. The molecule has 1 heterocycles. The largest absolute Gasteiger partial charge is 0.463 e.